The highest BCUT2D eigenvalue weighted by molar-refractivity contribution is 8.01. The van der Waals surface area contributed by atoms with Gasteiger partial charge in [0.05, 0.1) is 5.75 Å². The van der Waals surface area contributed by atoms with Crippen LogP contribution in [0, 0.1) is 0 Å². The van der Waals surface area contributed by atoms with Gasteiger partial charge in [-0.1, -0.05) is 53.4 Å². The van der Waals surface area contributed by atoms with E-state index in [1.54, 1.807) is 0 Å². The van der Waals surface area contributed by atoms with Crippen molar-refractivity contribution < 1.29 is 9.59 Å². The molecule has 1 heterocycles. The number of carbonyl (C=O) groups is 2. The van der Waals surface area contributed by atoms with Gasteiger partial charge in [0.15, 0.2) is 4.34 Å². The average Bonchev–Trinajstić information content (AvgIpc) is 2.93. The van der Waals surface area contributed by atoms with E-state index in [-0.39, 0.29) is 5.75 Å². The van der Waals surface area contributed by atoms with Gasteiger partial charge in [0, 0.05) is 6.54 Å². The molecule has 4 N–H and O–H groups in total. The topological polar surface area (TPSA) is 110 Å². The van der Waals surface area contributed by atoms with E-state index < -0.39 is 11.9 Å². The molecule has 0 atom stereocenters. The van der Waals surface area contributed by atoms with Crippen molar-refractivity contribution in [3.8, 4) is 0 Å². The summed E-state index contributed by atoms with van der Waals surface area (Å²) in [5.41, 5.74) is 6.10. The number of hydrogen-bond acceptors (Lipinski definition) is 7. The van der Waals surface area contributed by atoms with Crippen LogP contribution in [0.5, 0.6) is 0 Å². The summed E-state index contributed by atoms with van der Waals surface area (Å²) in [6.45, 7) is 0.755. The maximum atomic E-state index is 11.3. The fraction of sp³-hybridized carbons (Fsp3) is 0.231. The first kappa shape index (κ1) is 16.2. The van der Waals surface area contributed by atoms with Gasteiger partial charge in [-0.25, -0.2) is 4.79 Å². The lowest BCUT2D eigenvalue weighted by atomic mass is 10.2. The van der Waals surface area contributed by atoms with Crippen LogP contribution < -0.4 is 16.4 Å². The number of nitrogens with zero attached hydrogens (tertiary/aromatic N) is 2. The lowest BCUT2D eigenvalue weighted by Gasteiger charge is -2.01. The second-order valence-electron chi connectivity index (χ2n) is 4.24. The van der Waals surface area contributed by atoms with Crippen molar-refractivity contribution in [3.05, 3.63) is 35.9 Å². The molecule has 22 heavy (non-hydrogen) atoms. The summed E-state index contributed by atoms with van der Waals surface area (Å²) in [5.74, 6) is -0.381. The Labute approximate surface area is 135 Å². The molecule has 9 heteroatoms. The summed E-state index contributed by atoms with van der Waals surface area (Å²) in [6, 6.07) is 9.28. The number of benzene rings is 1. The smallest absolute Gasteiger partial charge is 0.318 e. The van der Waals surface area contributed by atoms with Crippen molar-refractivity contribution in [1.29, 1.82) is 0 Å². The highest BCUT2D eigenvalue weighted by Gasteiger charge is 2.09. The zero-order chi connectivity index (χ0) is 15.8. The third kappa shape index (κ3) is 5.70. The van der Waals surface area contributed by atoms with Crippen LogP contribution in [0.1, 0.15) is 5.56 Å². The second-order valence-corrected chi connectivity index (χ2v) is 6.44. The van der Waals surface area contributed by atoms with E-state index in [0.29, 0.717) is 9.47 Å². The minimum absolute atomic E-state index is 0.0710. The molecule has 0 saturated heterocycles. The number of hydrogen-bond donors (Lipinski definition) is 3. The van der Waals surface area contributed by atoms with Crippen molar-refractivity contribution in [3.63, 3.8) is 0 Å². The zero-order valence-electron chi connectivity index (χ0n) is 11.6. The normalized spacial score (nSPS) is 10.2. The fourth-order valence-corrected chi connectivity index (χ4v) is 3.18. The maximum absolute atomic E-state index is 11.3. The van der Waals surface area contributed by atoms with Crippen molar-refractivity contribution in [2.45, 2.75) is 10.8 Å². The Kier molecular flexibility index (Phi) is 6.16. The molecule has 1 aromatic carbocycles. The molecule has 0 aliphatic carbocycles. The van der Waals surface area contributed by atoms with Gasteiger partial charge >= 0.3 is 6.03 Å². The van der Waals surface area contributed by atoms with Gasteiger partial charge in [0.25, 0.3) is 0 Å². The molecule has 0 spiro atoms. The predicted octanol–water partition coefficient (Wildman–Crippen LogP) is 1.48. The van der Waals surface area contributed by atoms with Crippen LogP contribution in [-0.2, 0) is 11.2 Å². The molecule has 2 rings (SSSR count). The van der Waals surface area contributed by atoms with Gasteiger partial charge in [0.1, 0.15) is 0 Å². The van der Waals surface area contributed by atoms with Gasteiger partial charge in [-0.3, -0.25) is 10.1 Å². The molecule has 0 fully saturated rings. The Balaban J connectivity index is 1.72. The van der Waals surface area contributed by atoms with E-state index in [0.717, 1.165) is 13.0 Å². The molecule has 116 valence electrons. The molecule has 0 radical (unpaired) electrons. The van der Waals surface area contributed by atoms with Gasteiger partial charge in [-0.2, -0.15) is 0 Å². The van der Waals surface area contributed by atoms with E-state index in [1.165, 1.54) is 28.7 Å². The van der Waals surface area contributed by atoms with Crippen LogP contribution in [0.4, 0.5) is 9.93 Å². The monoisotopic (exact) mass is 337 g/mol. The molecule has 0 saturated carbocycles. The molecule has 2 aromatic rings. The minimum atomic E-state index is -0.855. The molecule has 0 bridgehead atoms. The number of amides is 3. The molecule has 3 amide bonds. The van der Waals surface area contributed by atoms with E-state index in [1.807, 2.05) is 23.5 Å². The van der Waals surface area contributed by atoms with Crippen LogP contribution in [0.3, 0.4) is 0 Å². The van der Waals surface area contributed by atoms with Crippen LogP contribution in [0.25, 0.3) is 0 Å². The number of anilines is 1. The maximum Gasteiger partial charge on any atom is 0.318 e. The lowest BCUT2D eigenvalue weighted by Crippen LogP contribution is -2.36. The largest absolute Gasteiger partial charge is 0.360 e. The number of rotatable bonds is 7. The lowest BCUT2D eigenvalue weighted by molar-refractivity contribution is -0.117. The number of aromatic nitrogens is 2. The number of carbonyl (C=O) groups excluding carboxylic acids is 2. The Morgan fingerprint density at radius 1 is 1.23 bits per heavy atom. The molecule has 7 nitrogen and oxygen atoms in total. The first-order valence-corrected chi connectivity index (χ1v) is 8.27. The van der Waals surface area contributed by atoms with Crippen molar-refractivity contribution in [1.82, 2.24) is 15.5 Å². The second kappa shape index (κ2) is 8.35. The van der Waals surface area contributed by atoms with Crippen LogP contribution in [0.2, 0.25) is 0 Å². The molecule has 1 aromatic heterocycles. The molecule has 0 aliphatic rings. The van der Waals surface area contributed by atoms with E-state index in [2.05, 4.69) is 27.6 Å². The molecule has 0 unspecified atom stereocenters. The highest BCUT2D eigenvalue weighted by Crippen LogP contribution is 2.25. The SMILES string of the molecule is NC(=O)NC(=O)CSc1nnc(NCCc2ccccc2)s1. The van der Waals surface area contributed by atoms with Crippen molar-refractivity contribution in [2.24, 2.45) is 5.73 Å². The fourth-order valence-electron chi connectivity index (χ4n) is 1.60. The first-order chi connectivity index (χ1) is 10.6. The summed E-state index contributed by atoms with van der Waals surface area (Å²) in [5, 5.41) is 13.9. The van der Waals surface area contributed by atoms with Gasteiger partial charge in [-0.05, 0) is 12.0 Å². The summed E-state index contributed by atoms with van der Waals surface area (Å²) >= 11 is 2.57. The van der Waals surface area contributed by atoms with Crippen LogP contribution >= 0.6 is 23.1 Å². The van der Waals surface area contributed by atoms with Gasteiger partial charge < -0.3 is 11.1 Å². The molecule has 0 aliphatic heterocycles. The van der Waals surface area contributed by atoms with Crippen molar-refractivity contribution >= 4 is 40.2 Å². The zero-order valence-corrected chi connectivity index (χ0v) is 13.2. The van der Waals surface area contributed by atoms with E-state index >= 15 is 0 Å². The standard InChI is InChI=1S/C13H15N5O2S2/c14-11(20)16-10(19)8-21-13-18-17-12(22-13)15-7-6-9-4-2-1-3-5-9/h1-5H,6-8H2,(H,15,17)(H3,14,16,19,20). The van der Waals surface area contributed by atoms with E-state index in [9.17, 15) is 9.59 Å². The summed E-state index contributed by atoms with van der Waals surface area (Å²) in [7, 11) is 0. The molecular formula is C13H15N5O2S2. The Morgan fingerprint density at radius 3 is 2.73 bits per heavy atom. The van der Waals surface area contributed by atoms with Crippen LogP contribution in [-0.4, -0.2) is 34.4 Å². The highest BCUT2D eigenvalue weighted by atomic mass is 32.2. The number of nitrogens with two attached hydrogens (primary N) is 1. The quantitative estimate of drug-likeness (QED) is 0.660. The van der Waals surface area contributed by atoms with E-state index in [4.69, 9.17) is 5.73 Å². The average molecular weight is 337 g/mol. The Morgan fingerprint density at radius 2 is 2.00 bits per heavy atom. The van der Waals surface area contributed by atoms with Crippen LogP contribution in [0.15, 0.2) is 34.7 Å². The summed E-state index contributed by atoms with van der Waals surface area (Å²) in [6.07, 6.45) is 0.893. The molecular weight excluding hydrogens is 322 g/mol. The number of thioether (sulfide) groups is 1. The summed E-state index contributed by atoms with van der Waals surface area (Å²) < 4.78 is 0.654. The third-order valence-electron chi connectivity index (χ3n) is 2.53. The number of nitrogens with one attached hydrogen (secondary N) is 2. The first-order valence-electron chi connectivity index (χ1n) is 6.47. The Hall–Kier alpha value is -2.13. The van der Waals surface area contributed by atoms with Gasteiger partial charge in [-0.15, -0.1) is 10.2 Å². The number of primary amides is 1. The van der Waals surface area contributed by atoms with Gasteiger partial charge in [0.2, 0.25) is 11.0 Å². The summed E-state index contributed by atoms with van der Waals surface area (Å²) in [4.78, 5) is 21.8. The predicted molar refractivity (Wildman–Crippen MR) is 87.0 cm³/mol. The minimum Gasteiger partial charge on any atom is -0.360 e. The van der Waals surface area contributed by atoms with Crippen molar-refractivity contribution in [2.75, 3.05) is 17.6 Å². The number of urea groups is 1. The third-order valence-corrected chi connectivity index (χ3v) is 4.54. The number of imide groups is 1. The Bertz CT molecular complexity index is 632.